The van der Waals surface area contributed by atoms with Crippen molar-refractivity contribution in [2.24, 2.45) is 0 Å². The van der Waals surface area contributed by atoms with Crippen molar-refractivity contribution in [1.29, 1.82) is 0 Å². The Labute approximate surface area is 190 Å². The Morgan fingerprint density at radius 1 is 1.00 bits per heavy atom. The molecule has 3 N–H and O–H groups in total. The summed E-state index contributed by atoms with van der Waals surface area (Å²) in [6.07, 6.45) is 0.268. The number of furan rings is 1. The summed E-state index contributed by atoms with van der Waals surface area (Å²) in [6, 6.07) is 17.5. The zero-order chi connectivity index (χ0) is 23.6. The van der Waals surface area contributed by atoms with E-state index >= 15 is 0 Å². The normalized spacial score (nSPS) is 12.5. The van der Waals surface area contributed by atoms with Gasteiger partial charge in [-0.1, -0.05) is 48.5 Å². The Balaban J connectivity index is 1.42. The number of carboxylic acids is 1. The smallest absolute Gasteiger partial charge is 0.411 e. The molecule has 0 radical (unpaired) electrons. The van der Waals surface area contributed by atoms with E-state index < -0.39 is 23.5 Å². The van der Waals surface area contributed by atoms with Gasteiger partial charge in [-0.25, -0.2) is 4.79 Å². The lowest BCUT2D eigenvalue weighted by atomic mass is 9.98. The molecular formula is C25H24N2O6. The number of benzene rings is 2. The minimum Gasteiger partial charge on any atom is -0.481 e. The van der Waals surface area contributed by atoms with E-state index in [1.165, 1.54) is 12.3 Å². The van der Waals surface area contributed by atoms with Crippen LogP contribution in [0.15, 0.2) is 65.3 Å². The van der Waals surface area contributed by atoms with Crippen LogP contribution in [0.1, 0.15) is 47.9 Å². The lowest BCUT2D eigenvalue weighted by Gasteiger charge is -2.23. The van der Waals surface area contributed by atoms with Crippen molar-refractivity contribution in [2.75, 3.05) is 11.9 Å². The predicted molar refractivity (Wildman–Crippen MR) is 121 cm³/mol. The summed E-state index contributed by atoms with van der Waals surface area (Å²) in [7, 11) is 0. The molecule has 1 aliphatic rings. The van der Waals surface area contributed by atoms with Crippen molar-refractivity contribution in [3.05, 3.63) is 77.7 Å². The maximum absolute atomic E-state index is 12.6. The standard InChI is InChI=1S/C25H24N2O6/c1-25(2,13-21(28)29)27-23(30)22-20(11-12-32-22)26-24(31)33-14-19-17-9-5-3-7-15(17)16-8-4-6-10-18(16)19/h3-12,19H,13-14H2,1-2H3,(H,26,31)(H,27,30)(H,28,29). The highest BCUT2D eigenvalue weighted by atomic mass is 16.5. The number of carbonyl (C=O) groups excluding carboxylic acids is 2. The molecule has 2 aromatic carbocycles. The van der Waals surface area contributed by atoms with Crippen LogP contribution in [0.4, 0.5) is 10.5 Å². The van der Waals surface area contributed by atoms with Gasteiger partial charge in [-0.15, -0.1) is 0 Å². The molecular weight excluding hydrogens is 424 g/mol. The summed E-state index contributed by atoms with van der Waals surface area (Å²) in [5.74, 6) is -1.91. The van der Waals surface area contributed by atoms with Crippen LogP contribution >= 0.6 is 0 Å². The number of amides is 2. The quantitative estimate of drug-likeness (QED) is 0.485. The number of rotatable bonds is 7. The van der Waals surface area contributed by atoms with Gasteiger partial charge in [-0.05, 0) is 36.1 Å². The van der Waals surface area contributed by atoms with Gasteiger partial charge < -0.3 is 19.6 Å². The fourth-order valence-corrected chi connectivity index (χ4v) is 4.11. The van der Waals surface area contributed by atoms with E-state index in [4.69, 9.17) is 14.3 Å². The molecule has 8 heteroatoms. The van der Waals surface area contributed by atoms with Gasteiger partial charge in [0.05, 0.1) is 18.4 Å². The van der Waals surface area contributed by atoms with Gasteiger partial charge in [0, 0.05) is 17.5 Å². The monoisotopic (exact) mass is 448 g/mol. The summed E-state index contributed by atoms with van der Waals surface area (Å²) in [4.78, 5) is 36.1. The topological polar surface area (TPSA) is 118 Å². The molecule has 0 saturated heterocycles. The van der Waals surface area contributed by atoms with Gasteiger partial charge in [-0.3, -0.25) is 14.9 Å². The maximum Gasteiger partial charge on any atom is 0.411 e. The minimum absolute atomic E-state index is 0.0907. The van der Waals surface area contributed by atoms with Crippen LogP contribution in [0.25, 0.3) is 11.1 Å². The number of hydrogen-bond donors (Lipinski definition) is 3. The molecule has 0 bridgehead atoms. The number of carboxylic acid groups (broad SMARTS) is 1. The lowest BCUT2D eigenvalue weighted by Crippen LogP contribution is -2.45. The molecule has 0 unspecified atom stereocenters. The number of nitrogens with one attached hydrogen (secondary N) is 2. The van der Waals surface area contributed by atoms with E-state index in [0.29, 0.717) is 0 Å². The maximum atomic E-state index is 12.6. The first kappa shape index (κ1) is 22.1. The first-order valence-electron chi connectivity index (χ1n) is 10.5. The molecule has 1 heterocycles. The third kappa shape index (κ3) is 4.74. The van der Waals surface area contributed by atoms with Crippen LogP contribution in [0, 0.1) is 0 Å². The zero-order valence-electron chi connectivity index (χ0n) is 18.3. The van der Waals surface area contributed by atoms with Crippen molar-refractivity contribution in [3.8, 4) is 11.1 Å². The van der Waals surface area contributed by atoms with E-state index in [1.807, 2.05) is 36.4 Å². The molecule has 1 aromatic heterocycles. The van der Waals surface area contributed by atoms with Crippen LogP contribution in [-0.2, 0) is 9.53 Å². The molecule has 0 spiro atoms. The summed E-state index contributed by atoms with van der Waals surface area (Å²) >= 11 is 0. The van der Waals surface area contributed by atoms with Crippen LogP contribution < -0.4 is 10.6 Å². The highest BCUT2D eigenvalue weighted by molar-refractivity contribution is 6.00. The minimum atomic E-state index is -1.04. The van der Waals surface area contributed by atoms with Crippen LogP contribution in [0.2, 0.25) is 0 Å². The van der Waals surface area contributed by atoms with Crippen LogP contribution in [0.5, 0.6) is 0 Å². The Morgan fingerprint density at radius 2 is 1.61 bits per heavy atom. The van der Waals surface area contributed by atoms with E-state index in [9.17, 15) is 14.4 Å². The number of ether oxygens (including phenoxy) is 1. The molecule has 4 rings (SSSR count). The van der Waals surface area contributed by atoms with E-state index in [1.54, 1.807) is 13.8 Å². The van der Waals surface area contributed by atoms with E-state index in [-0.39, 0.29) is 30.4 Å². The van der Waals surface area contributed by atoms with Crippen molar-refractivity contribution >= 4 is 23.7 Å². The van der Waals surface area contributed by atoms with E-state index in [2.05, 4.69) is 22.8 Å². The molecule has 1 aliphatic carbocycles. The number of carbonyl (C=O) groups is 3. The summed E-state index contributed by atoms with van der Waals surface area (Å²) in [6.45, 7) is 3.30. The lowest BCUT2D eigenvalue weighted by molar-refractivity contribution is -0.138. The van der Waals surface area contributed by atoms with Crippen molar-refractivity contribution in [2.45, 2.75) is 31.7 Å². The number of fused-ring (bicyclic) bond motifs is 3. The Kier molecular flexibility index (Phi) is 5.91. The molecule has 33 heavy (non-hydrogen) atoms. The van der Waals surface area contributed by atoms with Crippen molar-refractivity contribution < 1.29 is 28.6 Å². The van der Waals surface area contributed by atoms with Gasteiger partial charge in [0.15, 0.2) is 0 Å². The molecule has 0 fully saturated rings. The Bertz CT molecular complexity index is 1170. The molecule has 8 nitrogen and oxygen atoms in total. The van der Waals surface area contributed by atoms with Gasteiger partial charge >= 0.3 is 12.1 Å². The first-order chi connectivity index (χ1) is 15.7. The third-order valence-electron chi connectivity index (χ3n) is 5.50. The van der Waals surface area contributed by atoms with Crippen molar-refractivity contribution in [1.82, 2.24) is 5.32 Å². The van der Waals surface area contributed by atoms with Gasteiger partial charge in [0.25, 0.3) is 5.91 Å². The molecule has 3 aromatic rings. The molecule has 0 aliphatic heterocycles. The summed E-state index contributed by atoms with van der Waals surface area (Å²) in [5, 5.41) is 14.1. The highest BCUT2D eigenvalue weighted by Crippen LogP contribution is 2.44. The fraction of sp³-hybridized carbons (Fsp3) is 0.240. The third-order valence-corrected chi connectivity index (χ3v) is 5.50. The molecule has 0 atom stereocenters. The molecule has 0 saturated carbocycles. The molecule has 2 amide bonds. The van der Waals surface area contributed by atoms with Gasteiger partial charge in [0.2, 0.25) is 5.76 Å². The second-order valence-electron chi connectivity index (χ2n) is 8.52. The number of hydrogen-bond acceptors (Lipinski definition) is 5. The van der Waals surface area contributed by atoms with Gasteiger partial charge in [-0.2, -0.15) is 0 Å². The van der Waals surface area contributed by atoms with E-state index in [0.717, 1.165) is 22.3 Å². The zero-order valence-corrected chi connectivity index (χ0v) is 18.3. The predicted octanol–water partition coefficient (Wildman–Crippen LogP) is 4.62. The van der Waals surface area contributed by atoms with Crippen LogP contribution in [-0.4, -0.2) is 35.2 Å². The second-order valence-corrected chi connectivity index (χ2v) is 8.52. The highest BCUT2D eigenvalue weighted by Gasteiger charge is 2.30. The van der Waals surface area contributed by atoms with Crippen molar-refractivity contribution in [3.63, 3.8) is 0 Å². The Hall–Kier alpha value is -4.07. The average Bonchev–Trinajstić information content (AvgIpc) is 3.33. The largest absolute Gasteiger partial charge is 0.481 e. The fourth-order valence-electron chi connectivity index (χ4n) is 4.11. The van der Waals surface area contributed by atoms with Gasteiger partial charge in [0.1, 0.15) is 6.61 Å². The number of aliphatic carboxylic acids is 1. The SMILES string of the molecule is CC(C)(CC(=O)O)NC(=O)c1occc1NC(=O)OCC1c2ccccc2-c2ccccc21. The molecule has 170 valence electrons. The van der Waals surface area contributed by atoms with Crippen LogP contribution in [0.3, 0.4) is 0 Å². The number of anilines is 1. The summed E-state index contributed by atoms with van der Waals surface area (Å²) in [5.41, 5.74) is 3.57. The first-order valence-corrected chi connectivity index (χ1v) is 10.5. The summed E-state index contributed by atoms with van der Waals surface area (Å²) < 4.78 is 10.7. The average molecular weight is 448 g/mol. The Morgan fingerprint density at radius 3 is 2.21 bits per heavy atom. The second kappa shape index (κ2) is 8.82.